The molecule has 3 aromatic carbocycles. The first-order valence-electron chi connectivity index (χ1n) is 10.8. The average molecular weight is 601 g/mol. The lowest BCUT2D eigenvalue weighted by Gasteiger charge is -2.15. The lowest BCUT2D eigenvalue weighted by molar-refractivity contribution is -0.384. The van der Waals surface area contributed by atoms with E-state index < -0.39 is 4.92 Å². The molecule has 1 amide bonds. The van der Waals surface area contributed by atoms with Gasteiger partial charge in [-0.15, -0.1) is 0 Å². The Bertz CT molecular complexity index is 1460. The van der Waals surface area contributed by atoms with Crippen molar-refractivity contribution < 1.29 is 28.7 Å². The molecule has 0 unspecified atom stereocenters. The van der Waals surface area contributed by atoms with E-state index in [9.17, 15) is 14.9 Å². The maximum Gasteiger partial charge on any atom is 0.270 e. The highest BCUT2D eigenvalue weighted by Gasteiger charge is 2.34. The molecule has 0 aromatic heterocycles. The third-order valence-corrected chi connectivity index (χ3v) is 7.51. The summed E-state index contributed by atoms with van der Waals surface area (Å²) >= 11 is 10.2. The maximum atomic E-state index is 13.2. The summed E-state index contributed by atoms with van der Waals surface area (Å²) in [5.41, 5.74) is 2.07. The van der Waals surface area contributed by atoms with Gasteiger partial charge in [0.2, 0.25) is 6.79 Å². The number of thiocarbonyl (C=S) groups is 1. The molecule has 0 atom stereocenters. The predicted molar refractivity (Wildman–Crippen MR) is 146 cm³/mol. The van der Waals surface area contributed by atoms with Crippen LogP contribution in [-0.2, 0) is 11.4 Å². The highest BCUT2D eigenvalue weighted by atomic mass is 79.9. The van der Waals surface area contributed by atoms with Gasteiger partial charge in [-0.2, -0.15) is 0 Å². The lowest BCUT2D eigenvalue weighted by atomic mass is 10.1. The molecule has 2 heterocycles. The third kappa shape index (κ3) is 5.13. The quantitative estimate of drug-likeness (QED) is 0.138. The molecule has 2 aliphatic heterocycles. The molecule has 2 aliphatic rings. The first-order valence-corrected chi connectivity index (χ1v) is 12.8. The summed E-state index contributed by atoms with van der Waals surface area (Å²) in [4.78, 5) is 25.5. The minimum absolute atomic E-state index is 0.0114. The van der Waals surface area contributed by atoms with Gasteiger partial charge in [0, 0.05) is 22.7 Å². The largest absolute Gasteiger partial charge is 0.493 e. The van der Waals surface area contributed by atoms with E-state index in [0.29, 0.717) is 47.9 Å². The van der Waals surface area contributed by atoms with Gasteiger partial charge in [-0.25, -0.2) is 0 Å². The van der Waals surface area contributed by atoms with E-state index in [1.807, 2.05) is 0 Å². The third-order valence-electron chi connectivity index (χ3n) is 5.52. The van der Waals surface area contributed by atoms with Crippen molar-refractivity contribution in [3.05, 3.63) is 85.2 Å². The van der Waals surface area contributed by atoms with Crippen LogP contribution in [0.3, 0.4) is 0 Å². The summed E-state index contributed by atoms with van der Waals surface area (Å²) in [6, 6.07) is 14.9. The van der Waals surface area contributed by atoms with Gasteiger partial charge >= 0.3 is 0 Å². The summed E-state index contributed by atoms with van der Waals surface area (Å²) < 4.78 is 23.3. The molecule has 37 heavy (non-hydrogen) atoms. The number of carbonyl (C=O) groups excluding carboxylic acids is 1. The molecular formula is C25H17BrN2O7S2. The number of nitrogens with zero attached hydrogens (tertiary/aromatic N) is 2. The number of nitro benzene ring substituents is 1. The van der Waals surface area contributed by atoms with Crippen LogP contribution in [0.4, 0.5) is 11.4 Å². The molecule has 3 aromatic rings. The minimum atomic E-state index is -0.452. The van der Waals surface area contributed by atoms with Gasteiger partial charge in [-0.05, 0) is 53.6 Å². The van der Waals surface area contributed by atoms with Crippen molar-refractivity contribution >= 4 is 67.6 Å². The van der Waals surface area contributed by atoms with E-state index in [4.69, 9.17) is 31.2 Å². The molecule has 0 radical (unpaired) electrons. The van der Waals surface area contributed by atoms with E-state index in [1.165, 1.54) is 35.9 Å². The van der Waals surface area contributed by atoms with Crippen molar-refractivity contribution in [3.63, 3.8) is 0 Å². The second kappa shape index (κ2) is 10.4. The number of amides is 1. The fourth-order valence-electron chi connectivity index (χ4n) is 3.66. The number of halogens is 1. The van der Waals surface area contributed by atoms with Crippen LogP contribution in [0.5, 0.6) is 23.0 Å². The van der Waals surface area contributed by atoms with E-state index in [-0.39, 0.29) is 25.0 Å². The number of thioether (sulfide) groups is 1. The number of non-ortho nitro benzene ring substituents is 1. The van der Waals surface area contributed by atoms with Gasteiger partial charge in [0.15, 0.2) is 27.3 Å². The summed E-state index contributed by atoms with van der Waals surface area (Å²) in [5.74, 6) is 1.86. The summed E-state index contributed by atoms with van der Waals surface area (Å²) in [5, 5.41) is 10.8. The maximum absolute atomic E-state index is 13.2. The van der Waals surface area contributed by atoms with Crippen LogP contribution in [0.25, 0.3) is 6.08 Å². The van der Waals surface area contributed by atoms with Crippen molar-refractivity contribution in [1.82, 2.24) is 0 Å². The molecule has 0 aliphatic carbocycles. The van der Waals surface area contributed by atoms with Crippen LogP contribution in [0.2, 0.25) is 0 Å². The van der Waals surface area contributed by atoms with Crippen LogP contribution in [0.15, 0.2) is 64.0 Å². The Balaban J connectivity index is 1.35. The van der Waals surface area contributed by atoms with Crippen LogP contribution in [-0.4, -0.2) is 29.1 Å². The van der Waals surface area contributed by atoms with Crippen molar-refractivity contribution in [2.24, 2.45) is 0 Å². The zero-order chi connectivity index (χ0) is 26.1. The second-order valence-electron chi connectivity index (χ2n) is 7.79. The number of ether oxygens (including phenoxy) is 4. The molecule has 12 heteroatoms. The highest BCUT2D eigenvalue weighted by Crippen LogP contribution is 2.42. The first kappa shape index (κ1) is 25.1. The van der Waals surface area contributed by atoms with Crippen molar-refractivity contribution in [3.8, 4) is 23.0 Å². The number of methoxy groups -OCH3 is 1. The van der Waals surface area contributed by atoms with Gasteiger partial charge in [-0.3, -0.25) is 19.8 Å². The van der Waals surface area contributed by atoms with Gasteiger partial charge < -0.3 is 18.9 Å². The Morgan fingerprint density at radius 1 is 1.14 bits per heavy atom. The Labute approximate surface area is 229 Å². The molecular weight excluding hydrogens is 584 g/mol. The van der Waals surface area contributed by atoms with E-state index >= 15 is 0 Å². The summed E-state index contributed by atoms with van der Waals surface area (Å²) in [7, 11) is 1.52. The Hall–Kier alpha value is -3.61. The minimum Gasteiger partial charge on any atom is -0.493 e. The molecule has 188 valence electrons. The molecule has 0 N–H and O–H groups in total. The number of rotatable bonds is 7. The Kier molecular flexibility index (Phi) is 7.04. The number of nitro groups is 1. The number of benzene rings is 3. The lowest BCUT2D eigenvalue weighted by Crippen LogP contribution is -2.27. The van der Waals surface area contributed by atoms with E-state index in [1.54, 1.807) is 48.5 Å². The highest BCUT2D eigenvalue weighted by molar-refractivity contribution is 9.10. The zero-order valence-corrected chi connectivity index (χ0v) is 22.4. The summed E-state index contributed by atoms with van der Waals surface area (Å²) in [6.07, 6.45) is 1.74. The van der Waals surface area contributed by atoms with E-state index in [0.717, 1.165) is 5.56 Å². The Morgan fingerprint density at radius 2 is 1.89 bits per heavy atom. The van der Waals surface area contributed by atoms with Gasteiger partial charge in [-0.1, -0.05) is 39.9 Å². The molecule has 5 rings (SSSR count). The Morgan fingerprint density at radius 3 is 2.62 bits per heavy atom. The fraction of sp³-hybridized carbons (Fsp3) is 0.120. The average Bonchev–Trinajstić information content (AvgIpc) is 3.47. The molecule has 0 bridgehead atoms. The van der Waals surface area contributed by atoms with Crippen molar-refractivity contribution in [2.75, 3.05) is 18.8 Å². The molecule has 1 fully saturated rings. The molecule has 0 saturated carbocycles. The zero-order valence-electron chi connectivity index (χ0n) is 19.1. The van der Waals surface area contributed by atoms with Crippen LogP contribution < -0.4 is 23.8 Å². The normalized spacial score (nSPS) is 15.4. The predicted octanol–water partition coefficient (Wildman–Crippen LogP) is 6.08. The van der Waals surface area contributed by atoms with Gasteiger partial charge in [0.1, 0.15) is 6.61 Å². The van der Waals surface area contributed by atoms with Crippen molar-refractivity contribution in [1.29, 1.82) is 0 Å². The number of anilines is 1. The number of carbonyl (C=O) groups is 1. The monoisotopic (exact) mass is 600 g/mol. The van der Waals surface area contributed by atoms with Crippen LogP contribution >= 0.6 is 39.9 Å². The first-order chi connectivity index (χ1) is 17.8. The number of hydrogen-bond donors (Lipinski definition) is 0. The van der Waals surface area contributed by atoms with Crippen LogP contribution in [0.1, 0.15) is 11.1 Å². The van der Waals surface area contributed by atoms with E-state index in [2.05, 4.69) is 15.9 Å². The topological polar surface area (TPSA) is 100 Å². The SMILES string of the molecule is COc1cc(/C=C2/SC(=S)N(c3ccc4c(c3)OCO4)C2=O)c(Br)cc1OCc1ccc([N+](=O)[O-])cc1. The summed E-state index contributed by atoms with van der Waals surface area (Å²) in [6.45, 7) is 0.328. The number of fused-ring (bicyclic) bond motifs is 1. The van der Waals surface area contributed by atoms with Gasteiger partial charge in [0.25, 0.3) is 11.6 Å². The standard InChI is InChI=1S/C25H17BrN2O7S2/c1-32-20-8-15(18(26)11-22(20)33-12-14-2-4-16(5-3-14)28(30)31)9-23-24(29)27(25(36)37-23)17-6-7-19-21(10-17)35-13-34-19/h2-11H,12-13H2,1H3/b23-9+. The number of hydrogen-bond acceptors (Lipinski definition) is 9. The smallest absolute Gasteiger partial charge is 0.270 e. The van der Waals surface area contributed by atoms with Gasteiger partial charge in [0.05, 0.1) is 22.6 Å². The molecule has 1 saturated heterocycles. The fourth-order valence-corrected chi connectivity index (χ4v) is 5.39. The van der Waals surface area contributed by atoms with Crippen molar-refractivity contribution in [2.45, 2.75) is 6.61 Å². The van der Waals surface area contributed by atoms with Crippen LogP contribution in [0, 0.1) is 10.1 Å². The molecule has 9 nitrogen and oxygen atoms in total. The molecule has 0 spiro atoms. The second-order valence-corrected chi connectivity index (χ2v) is 10.3.